The van der Waals surface area contributed by atoms with E-state index >= 15 is 0 Å². The minimum absolute atomic E-state index is 0.0709. The fourth-order valence-electron chi connectivity index (χ4n) is 2.77. The van der Waals surface area contributed by atoms with Crippen molar-refractivity contribution in [2.24, 2.45) is 0 Å². The summed E-state index contributed by atoms with van der Waals surface area (Å²) in [5, 5.41) is 20.8. The molecule has 3 aromatic rings. The van der Waals surface area contributed by atoms with Crippen molar-refractivity contribution >= 4 is 55.0 Å². The van der Waals surface area contributed by atoms with E-state index in [-0.39, 0.29) is 32.1 Å². The molecule has 0 N–H and O–H groups in total. The summed E-state index contributed by atoms with van der Waals surface area (Å²) in [6.07, 6.45) is 1.53. The first-order chi connectivity index (χ1) is 15.6. The molecule has 0 atom stereocenters. The van der Waals surface area contributed by atoms with Gasteiger partial charge in [0.1, 0.15) is 4.90 Å². The van der Waals surface area contributed by atoms with Gasteiger partial charge in [-0.1, -0.05) is 11.6 Å². The first kappa shape index (κ1) is 24.3. The number of rotatable bonds is 7. The number of nitro benzene ring substituents is 1. The van der Waals surface area contributed by atoms with E-state index in [2.05, 4.69) is 15.9 Å². The molecule has 3 rings (SSSR count). The van der Waals surface area contributed by atoms with Gasteiger partial charge in [-0.3, -0.25) is 10.1 Å². The second-order valence-corrected chi connectivity index (χ2v) is 9.34. The van der Waals surface area contributed by atoms with Crippen molar-refractivity contribution < 1.29 is 22.3 Å². The van der Waals surface area contributed by atoms with Gasteiger partial charge in [-0.2, -0.15) is 13.7 Å². The summed E-state index contributed by atoms with van der Waals surface area (Å²) in [6, 6.07) is 16.1. The number of hydrogen-bond donors (Lipinski definition) is 0. The van der Waals surface area contributed by atoms with Crippen LogP contribution in [0.4, 0.5) is 5.69 Å². The summed E-state index contributed by atoms with van der Waals surface area (Å²) in [5.41, 5.74) is 1.12. The van der Waals surface area contributed by atoms with Crippen molar-refractivity contribution in [3.63, 3.8) is 0 Å². The zero-order valence-electron chi connectivity index (χ0n) is 16.9. The lowest BCUT2D eigenvalue weighted by Gasteiger charge is -2.13. The minimum Gasteiger partial charge on any atom is -0.493 e. The van der Waals surface area contributed by atoms with E-state index in [1.807, 2.05) is 6.07 Å². The summed E-state index contributed by atoms with van der Waals surface area (Å²) in [6.45, 7) is 0. The lowest BCUT2D eigenvalue weighted by molar-refractivity contribution is -0.384. The van der Waals surface area contributed by atoms with Crippen molar-refractivity contribution in [3.05, 3.63) is 91.4 Å². The van der Waals surface area contributed by atoms with Gasteiger partial charge in [0.15, 0.2) is 11.5 Å². The Bertz CT molecular complexity index is 1380. The van der Waals surface area contributed by atoms with E-state index in [0.717, 1.165) is 0 Å². The van der Waals surface area contributed by atoms with Crippen molar-refractivity contribution in [2.75, 3.05) is 7.11 Å². The summed E-state index contributed by atoms with van der Waals surface area (Å²) >= 11 is 9.10. The number of ether oxygens (including phenoxy) is 1. The number of allylic oxidation sites excluding steroid dienone is 1. The quantitative estimate of drug-likeness (QED) is 0.119. The van der Waals surface area contributed by atoms with Crippen LogP contribution in [0, 0.1) is 21.4 Å². The van der Waals surface area contributed by atoms with Gasteiger partial charge in [0.25, 0.3) is 5.69 Å². The number of nitriles is 1. The van der Waals surface area contributed by atoms with Crippen LogP contribution >= 0.6 is 27.5 Å². The van der Waals surface area contributed by atoms with Crippen LogP contribution < -0.4 is 8.92 Å². The molecule has 0 radical (unpaired) electrons. The molecule has 0 fully saturated rings. The molecule has 0 heterocycles. The van der Waals surface area contributed by atoms with Gasteiger partial charge in [0, 0.05) is 17.2 Å². The number of hydrogen-bond acceptors (Lipinski definition) is 7. The maximum absolute atomic E-state index is 12.7. The Morgan fingerprint density at radius 2 is 1.79 bits per heavy atom. The fourth-order valence-corrected chi connectivity index (χ4v) is 4.50. The van der Waals surface area contributed by atoms with E-state index in [0.29, 0.717) is 16.1 Å². The number of nitro groups is 1. The first-order valence-corrected chi connectivity index (χ1v) is 11.7. The first-order valence-electron chi connectivity index (χ1n) is 9.09. The maximum Gasteiger partial charge on any atom is 0.339 e. The minimum atomic E-state index is -4.17. The van der Waals surface area contributed by atoms with Crippen LogP contribution in [-0.2, 0) is 10.1 Å². The Morgan fingerprint density at radius 1 is 1.15 bits per heavy atom. The normalized spacial score (nSPS) is 11.5. The van der Waals surface area contributed by atoms with Gasteiger partial charge in [-0.15, -0.1) is 0 Å². The monoisotopic (exact) mass is 548 g/mol. The highest BCUT2D eigenvalue weighted by Crippen LogP contribution is 2.39. The number of methoxy groups -OCH3 is 1. The number of nitrogens with zero attached hydrogens (tertiary/aromatic N) is 2. The molecular weight excluding hydrogens is 536 g/mol. The predicted molar refractivity (Wildman–Crippen MR) is 127 cm³/mol. The third kappa shape index (κ3) is 5.70. The van der Waals surface area contributed by atoms with Crippen LogP contribution in [0.15, 0.2) is 70.0 Å². The van der Waals surface area contributed by atoms with E-state index < -0.39 is 15.0 Å². The third-order valence-corrected chi connectivity index (χ3v) is 6.44. The molecule has 0 saturated heterocycles. The van der Waals surface area contributed by atoms with Gasteiger partial charge in [-0.25, -0.2) is 0 Å². The van der Waals surface area contributed by atoms with Crippen LogP contribution in [0.2, 0.25) is 5.02 Å². The van der Waals surface area contributed by atoms with Gasteiger partial charge in [-0.05, 0) is 81.7 Å². The van der Waals surface area contributed by atoms with Crippen LogP contribution in [0.1, 0.15) is 11.1 Å². The highest BCUT2D eigenvalue weighted by molar-refractivity contribution is 9.10. The zero-order chi connectivity index (χ0) is 24.2. The van der Waals surface area contributed by atoms with Crippen molar-refractivity contribution in [3.8, 4) is 17.6 Å². The van der Waals surface area contributed by atoms with Crippen LogP contribution in [-0.4, -0.2) is 20.5 Å². The predicted octanol–water partition coefficient (Wildman–Crippen LogP) is 5.85. The second-order valence-electron chi connectivity index (χ2n) is 6.50. The molecule has 33 heavy (non-hydrogen) atoms. The van der Waals surface area contributed by atoms with Gasteiger partial charge < -0.3 is 8.92 Å². The van der Waals surface area contributed by atoms with E-state index in [1.54, 1.807) is 6.07 Å². The smallest absolute Gasteiger partial charge is 0.339 e. The molecule has 3 aromatic carbocycles. The number of non-ortho nitro benzene ring substituents is 1. The van der Waals surface area contributed by atoms with Crippen molar-refractivity contribution in [2.45, 2.75) is 4.90 Å². The van der Waals surface area contributed by atoms with Gasteiger partial charge in [0.2, 0.25) is 0 Å². The van der Waals surface area contributed by atoms with Crippen molar-refractivity contribution in [1.29, 1.82) is 5.26 Å². The topological polar surface area (TPSA) is 120 Å². The summed E-state index contributed by atoms with van der Waals surface area (Å²) < 4.78 is 36.2. The average Bonchev–Trinajstić information content (AvgIpc) is 2.79. The Balaban J connectivity index is 1.97. The highest BCUT2D eigenvalue weighted by Gasteiger charge is 2.22. The second kappa shape index (κ2) is 10.0. The molecule has 0 aliphatic heterocycles. The molecule has 0 spiro atoms. The van der Waals surface area contributed by atoms with Crippen LogP contribution in [0.25, 0.3) is 11.6 Å². The van der Waals surface area contributed by atoms with E-state index in [1.165, 1.54) is 67.8 Å². The Labute approximate surface area is 203 Å². The molecular formula is C22H14BrClN2O6S. The molecule has 11 heteroatoms. The van der Waals surface area contributed by atoms with E-state index in [9.17, 15) is 23.8 Å². The third-order valence-electron chi connectivity index (χ3n) is 4.37. The Kier molecular flexibility index (Phi) is 7.38. The zero-order valence-corrected chi connectivity index (χ0v) is 20.0. The van der Waals surface area contributed by atoms with Gasteiger partial charge in [0.05, 0.1) is 28.1 Å². The molecule has 0 bridgehead atoms. The van der Waals surface area contributed by atoms with Crippen LogP contribution in [0.3, 0.4) is 0 Å². The largest absolute Gasteiger partial charge is 0.493 e. The fraction of sp³-hybridized carbons (Fsp3) is 0.0455. The lowest BCUT2D eigenvalue weighted by atomic mass is 10.0. The molecule has 0 saturated carbocycles. The SMILES string of the molecule is COc1cc(/C=C(\C#N)c2ccc([N+](=O)[O-])cc2)cc(Br)c1OS(=O)(=O)c1ccc(Cl)cc1. The Morgan fingerprint density at radius 3 is 2.33 bits per heavy atom. The molecule has 8 nitrogen and oxygen atoms in total. The maximum atomic E-state index is 12.7. The number of benzene rings is 3. The molecule has 0 aliphatic rings. The molecule has 0 aliphatic carbocycles. The molecule has 168 valence electrons. The standard InChI is InChI=1S/C22H14BrClN2O6S/c1-31-21-12-14(10-16(13-25)15-2-6-18(7-3-15)26(27)28)11-20(23)22(21)32-33(29,30)19-8-4-17(24)5-9-19/h2-12H,1H3/b16-10+. The van der Waals surface area contributed by atoms with E-state index in [4.69, 9.17) is 20.5 Å². The van der Waals surface area contributed by atoms with Crippen molar-refractivity contribution in [1.82, 2.24) is 0 Å². The number of halogens is 2. The lowest BCUT2D eigenvalue weighted by Crippen LogP contribution is -2.11. The molecule has 0 unspecified atom stereocenters. The molecule has 0 aromatic heterocycles. The van der Waals surface area contributed by atoms with Gasteiger partial charge >= 0.3 is 10.1 Å². The molecule has 0 amide bonds. The summed E-state index contributed by atoms with van der Waals surface area (Å²) in [4.78, 5) is 10.2. The Hall–Kier alpha value is -3.39. The van der Waals surface area contributed by atoms with Crippen LogP contribution in [0.5, 0.6) is 11.5 Å². The average molecular weight is 550 g/mol. The summed E-state index contributed by atoms with van der Waals surface area (Å²) in [7, 11) is -2.83. The summed E-state index contributed by atoms with van der Waals surface area (Å²) in [5.74, 6) is 0.0348. The highest BCUT2D eigenvalue weighted by atomic mass is 79.9.